The standard InChI is InChI=1S/C9H11BrFN3/c1-6-8(11)9(13-5-12-6)14-3-2-7(10)4-14/h5,7H,2-4H2,1H3. The molecule has 76 valence electrons. The molecule has 14 heavy (non-hydrogen) atoms. The Labute approximate surface area is 90.5 Å². The molecule has 1 aliphatic heterocycles. The summed E-state index contributed by atoms with van der Waals surface area (Å²) in [6, 6.07) is 0. The van der Waals surface area contributed by atoms with E-state index in [1.807, 2.05) is 4.90 Å². The van der Waals surface area contributed by atoms with Crippen LogP contribution in [0.15, 0.2) is 6.33 Å². The van der Waals surface area contributed by atoms with Gasteiger partial charge in [0.1, 0.15) is 6.33 Å². The third kappa shape index (κ3) is 1.73. The van der Waals surface area contributed by atoms with Gasteiger partial charge in [-0.3, -0.25) is 0 Å². The van der Waals surface area contributed by atoms with Gasteiger partial charge in [0, 0.05) is 17.9 Å². The highest BCUT2D eigenvalue weighted by atomic mass is 79.9. The summed E-state index contributed by atoms with van der Waals surface area (Å²) in [6.07, 6.45) is 2.44. The Kier molecular flexibility index (Phi) is 2.67. The van der Waals surface area contributed by atoms with Gasteiger partial charge in [-0.05, 0) is 13.3 Å². The van der Waals surface area contributed by atoms with E-state index in [4.69, 9.17) is 0 Å². The first-order chi connectivity index (χ1) is 6.68. The molecular formula is C9H11BrFN3. The molecule has 1 aliphatic rings. The first-order valence-corrected chi connectivity index (χ1v) is 5.46. The van der Waals surface area contributed by atoms with Crippen LogP contribution in [0.4, 0.5) is 10.2 Å². The molecule has 1 aromatic rings. The Morgan fingerprint density at radius 2 is 2.36 bits per heavy atom. The van der Waals surface area contributed by atoms with E-state index in [-0.39, 0.29) is 5.82 Å². The van der Waals surface area contributed by atoms with E-state index in [1.165, 1.54) is 6.33 Å². The summed E-state index contributed by atoms with van der Waals surface area (Å²) >= 11 is 3.51. The van der Waals surface area contributed by atoms with Crippen LogP contribution in [0.5, 0.6) is 0 Å². The molecule has 2 rings (SSSR count). The number of hydrogen-bond acceptors (Lipinski definition) is 3. The average Bonchev–Trinajstić information content (AvgIpc) is 2.57. The molecule has 0 radical (unpaired) electrons. The maximum atomic E-state index is 13.6. The number of alkyl halides is 1. The zero-order valence-electron chi connectivity index (χ0n) is 7.87. The highest BCUT2D eigenvalue weighted by Crippen LogP contribution is 2.24. The summed E-state index contributed by atoms with van der Waals surface area (Å²) in [7, 11) is 0. The molecule has 1 saturated heterocycles. The third-order valence-corrected chi connectivity index (χ3v) is 3.12. The van der Waals surface area contributed by atoms with Gasteiger partial charge >= 0.3 is 0 Å². The second-order valence-electron chi connectivity index (χ2n) is 3.43. The Hall–Kier alpha value is -0.710. The van der Waals surface area contributed by atoms with Crippen molar-refractivity contribution in [3.8, 4) is 0 Å². The number of aryl methyl sites for hydroxylation is 1. The molecule has 0 spiro atoms. The molecule has 0 saturated carbocycles. The quantitative estimate of drug-likeness (QED) is 0.722. The largest absolute Gasteiger partial charge is 0.353 e. The first kappa shape index (κ1) is 9.83. The Morgan fingerprint density at radius 1 is 1.57 bits per heavy atom. The molecule has 1 unspecified atom stereocenters. The average molecular weight is 260 g/mol. The number of aromatic nitrogens is 2. The molecule has 0 amide bonds. The fraction of sp³-hybridized carbons (Fsp3) is 0.556. The summed E-state index contributed by atoms with van der Waals surface area (Å²) in [4.78, 5) is 10.2. The maximum Gasteiger partial charge on any atom is 0.186 e. The lowest BCUT2D eigenvalue weighted by molar-refractivity contribution is 0.596. The highest BCUT2D eigenvalue weighted by Gasteiger charge is 2.24. The van der Waals surface area contributed by atoms with Gasteiger partial charge in [-0.15, -0.1) is 0 Å². The van der Waals surface area contributed by atoms with Crippen molar-refractivity contribution < 1.29 is 4.39 Å². The van der Waals surface area contributed by atoms with E-state index in [9.17, 15) is 4.39 Å². The summed E-state index contributed by atoms with van der Waals surface area (Å²) in [5.41, 5.74) is 0.410. The lowest BCUT2D eigenvalue weighted by Gasteiger charge is -2.17. The predicted octanol–water partition coefficient (Wildman–Crippen LogP) is 1.90. The first-order valence-electron chi connectivity index (χ1n) is 4.54. The van der Waals surface area contributed by atoms with Crippen LogP contribution in [-0.4, -0.2) is 27.9 Å². The van der Waals surface area contributed by atoms with Gasteiger partial charge in [-0.1, -0.05) is 15.9 Å². The molecule has 0 N–H and O–H groups in total. The molecule has 3 nitrogen and oxygen atoms in total. The number of rotatable bonds is 1. The molecule has 1 fully saturated rings. The number of halogens is 2. The summed E-state index contributed by atoms with van der Waals surface area (Å²) in [6.45, 7) is 3.32. The fourth-order valence-corrected chi connectivity index (χ4v) is 2.13. The zero-order valence-corrected chi connectivity index (χ0v) is 9.46. The topological polar surface area (TPSA) is 29.0 Å². The van der Waals surface area contributed by atoms with Crippen molar-refractivity contribution in [3.63, 3.8) is 0 Å². The SMILES string of the molecule is Cc1ncnc(N2CCC(Br)C2)c1F. The van der Waals surface area contributed by atoms with Crippen LogP contribution in [0, 0.1) is 12.7 Å². The van der Waals surface area contributed by atoms with Gasteiger partial charge < -0.3 is 4.90 Å². The number of hydrogen-bond donors (Lipinski definition) is 0. The van der Waals surface area contributed by atoms with Crippen LogP contribution in [0.2, 0.25) is 0 Å². The Balaban J connectivity index is 2.28. The molecule has 2 heterocycles. The van der Waals surface area contributed by atoms with Gasteiger partial charge in [0.2, 0.25) is 0 Å². The number of nitrogens with zero attached hydrogens (tertiary/aromatic N) is 3. The van der Waals surface area contributed by atoms with Gasteiger partial charge in [0.15, 0.2) is 11.6 Å². The van der Waals surface area contributed by atoms with Gasteiger partial charge in [0.05, 0.1) is 5.69 Å². The summed E-state index contributed by atoms with van der Waals surface area (Å²) in [5.74, 6) is 0.133. The fourth-order valence-electron chi connectivity index (χ4n) is 1.58. The highest BCUT2D eigenvalue weighted by molar-refractivity contribution is 9.09. The van der Waals surface area contributed by atoms with Crippen molar-refractivity contribution >= 4 is 21.7 Å². The minimum absolute atomic E-state index is 0.297. The van der Waals surface area contributed by atoms with Crippen LogP contribution < -0.4 is 4.90 Å². The van der Waals surface area contributed by atoms with Gasteiger partial charge in [0.25, 0.3) is 0 Å². The molecular weight excluding hydrogens is 249 g/mol. The second kappa shape index (κ2) is 3.81. The van der Waals surface area contributed by atoms with E-state index in [0.29, 0.717) is 16.3 Å². The van der Waals surface area contributed by atoms with E-state index >= 15 is 0 Å². The molecule has 5 heteroatoms. The molecule has 0 aliphatic carbocycles. The van der Waals surface area contributed by atoms with E-state index in [1.54, 1.807) is 6.92 Å². The van der Waals surface area contributed by atoms with Crippen LogP contribution in [0.25, 0.3) is 0 Å². The minimum Gasteiger partial charge on any atom is -0.353 e. The molecule has 0 bridgehead atoms. The smallest absolute Gasteiger partial charge is 0.186 e. The lowest BCUT2D eigenvalue weighted by Crippen LogP contribution is -2.22. The molecule has 1 atom stereocenters. The van der Waals surface area contributed by atoms with Crippen LogP contribution >= 0.6 is 15.9 Å². The van der Waals surface area contributed by atoms with Crippen molar-refractivity contribution in [2.45, 2.75) is 18.2 Å². The zero-order chi connectivity index (χ0) is 10.1. The van der Waals surface area contributed by atoms with E-state index in [0.717, 1.165) is 19.5 Å². The van der Waals surface area contributed by atoms with Crippen LogP contribution in [0.3, 0.4) is 0 Å². The van der Waals surface area contributed by atoms with Crippen molar-refractivity contribution in [3.05, 3.63) is 17.8 Å². The van der Waals surface area contributed by atoms with Crippen LogP contribution in [0.1, 0.15) is 12.1 Å². The van der Waals surface area contributed by atoms with Gasteiger partial charge in [-0.25, -0.2) is 14.4 Å². The van der Waals surface area contributed by atoms with Crippen molar-refractivity contribution in [2.75, 3.05) is 18.0 Å². The number of anilines is 1. The van der Waals surface area contributed by atoms with Crippen LogP contribution in [-0.2, 0) is 0 Å². The second-order valence-corrected chi connectivity index (χ2v) is 4.72. The maximum absolute atomic E-state index is 13.6. The Bertz CT molecular complexity index is 345. The van der Waals surface area contributed by atoms with Crippen molar-refractivity contribution in [2.24, 2.45) is 0 Å². The molecule has 1 aromatic heterocycles. The summed E-state index contributed by atoms with van der Waals surface area (Å²) in [5, 5.41) is 0. The Morgan fingerprint density at radius 3 is 3.00 bits per heavy atom. The van der Waals surface area contributed by atoms with Crippen molar-refractivity contribution in [1.29, 1.82) is 0 Å². The normalized spacial score (nSPS) is 21.6. The van der Waals surface area contributed by atoms with E-state index < -0.39 is 0 Å². The minimum atomic E-state index is -0.297. The summed E-state index contributed by atoms with van der Waals surface area (Å²) < 4.78 is 13.6. The molecule has 0 aromatic carbocycles. The van der Waals surface area contributed by atoms with Gasteiger partial charge in [-0.2, -0.15) is 0 Å². The van der Waals surface area contributed by atoms with Crippen molar-refractivity contribution in [1.82, 2.24) is 9.97 Å². The predicted molar refractivity (Wildman–Crippen MR) is 56.3 cm³/mol. The monoisotopic (exact) mass is 259 g/mol. The third-order valence-electron chi connectivity index (χ3n) is 2.38. The van der Waals surface area contributed by atoms with E-state index in [2.05, 4.69) is 25.9 Å². The lowest BCUT2D eigenvalue weighted by atomic mass is 10.4.